The van der Waals surface area contributed by atoms with E-state index in [0.717, 1.165) is 5.56 Å². The Morgan fingerprint density at radius 3 is 2.50 bits per heavy atom. The molecule has 94 valence electrons. The van der Waals surface area contributed by atoms with E-state index in [2.05, 4.69) is 6.58 Å². The topological polar surface area (TPSA) is 80.4 Å². The fraction of sp³-hybridized carbons (Fsp3) is 0.154. The third-order valence-electron chi connectivity index (χ3n) is 2.33. The minimum Gasteiger partial charge on any atom is -0.478 e. The van der Waals surface area contributed by atoms with E-state index in [9.17, 15) is 14.9 Å². The third-order valence-corrected chi connectivity index (χ3v) is 2.33. The summed E-state index contributed by atoms with van der Waals surface area (Å²) in [5, 5.41) is 19.0. The van der Waals surface area contributed by atoms with Gasteiger partial charge >= 0.3 is 5.97 Å². The number of carbonyl (C=O) groups is 1. The minimum absolute atomic E-state index is 0.0476. The highest BCUT2D eigenvalue weighted by Crippen LogP contribution is 2.13. The number of nitro groups is 1. The van der Waals surface area contributed by atoms with Crippen molar-refractivity contribution in [2.45, 2.75) is 12.8 Å². The molecule has 0 heterocycles. The van der Waals surface area contributed by atoms with Gasteiger partial charge in [0.1, 0.15) is 0 Å². The van der Waals surface area contributed by atoms with Crippen molar-refractivity contribution in [3.05, 3.63) is 58.2 Å². The number of non-ortho nitro benzene ring substituents is 1. The maximum atomic E-state index is 10.5. The summed E-state index contributed by atoms with van der Waals surface area (Å²) in [6, 6.07) is 6.13. The number of benzene rings is 1. The summed E-state index contributed by atoms with van der Waals surface area (Å²) in [4.78, 5) is 20.5. The zero-order valence-corrected chi connectivity index (χ0v) is 9.70. The molecule has 5 heteroatoms. The third kappa shape index (κ3) is 4.21. The Morgan fingerprint density at radius 2 is 2.00 bits per heavy atom. The van der Waals surface area contributed by atoms with Crippen molar-refractivity contribution >= 4 is 17.7 Å². The Labute approximate surface area is 104 Å². The van der Waals surface area contributed by atoms with Gasteiger partial charge in [0.15, 0.2) is 0 Å². The summed E-state index contributed by atoms with van der Waals surface area (Å²) in [6.07, 6.45) is 4.56. The predicted molar refractivity (Wildman–Crippen MR) is 68.1 cm³/mol. The molecule has 0 aliphatic carbocycles. The van der Waals surface area contributed by atoms with Gasteiger partial charge in [-0.1, -0.05) is 18.7 Å². The van der Waals surface area contributed by atoms with Crippen LogP contribution in [-0.2, 0) is 4.79 Å². The predicted octanol–water partition coefficient (Wildman–Crippen LogP) is 3.03. The lowest BCUT2D eigenvalue weighted by atomic mass is 10.1. The van der Waals surface area contributed by atoms with Gasteiger partial charge < -0.3 is 5.11 Å². The Hall–Kier alpha value is -2.43. The molecule has 0 saturated heterocycles. The van der Waals surface area contributed by atoms with Gasteiger partial charge in [-0.15, -0.1) is 0 Å². The smallest absolute Gasteiger partial charge is 0.330 e. The van der Waals surface area contributed by atoms with Crippen LogP contribution in [0.2, 0.25) is 0 Å². The molecule has 0 amide bonds. The van der Waals surface area contributed by atoms with Gasteiger partial charge in [-0.2, -0.15) is 0 Å². The molecule has 0 aliphatic heterocycles. The Bertz CT molecular complexity index is 488. The number of hydrogen-bond acceptors (Lipinski definition) is 3. The van der Waals surface area contributed by atoms with E-state index in [1.165, 1.54) is 12.1 Å². The van der Waals surface area contributed by atoms with Crippen molar-refractivity contribution in [1.29, 1.82) is 0 Å². The van der Waals surface area contributed by atoms with Crippen LogP contribution in [0.1, 0.15) is 18.4 Å². The lowest BCUT2D eigenvalue weighted by Crippen LogP contribution is -1.97. The van der Waals surface area contributed by atoms with Crippen molar-refractivity contribution in [2.75, 3.05) is 0 Å². The Morgan fingerprint density at radius 1 is 1.39 bits per heavy atom. The number of hydrogen-bond donors (Lipinski definition) is 1. The Kier molecular flexibility index (Phi) is 4.80. The first kappa shape index (κ1) is 13.6. The summed E-state index contributed by atoms with van der Waals surface area (Å²) < 4.78 is 0. The maximum absolute atomic E-state index is 10.5. The van der Waals surface area contributed by atoms with Crippen LogP contribution in [0.25, 0.3) is 6.08 Å². The molecule has 1 rings (SSSR count). The van der Waals surface area contributed by atoms with Crippen molar-refractivity contribution in [3.63, 3.8) is 0 Å². The highest BCUT2D eigenvalue weighted by molar-refractivity contribution is 5.85. The highest BCUT2D eigenvalue weighted by Gasteiger charge is 2.03. The first-order valence-electron chi connectivity index (χ1n) is 5.33. The molecule has 5 nitrogen and oxygen atoms in total. The van der Waals surface area contributed by atoms with Gasteiger partial charge in [0.25, 0.3) is 5.69 Å². The summed E-state index contributed by atoms with van der Waals surface area (Å²) in [5.41, 5.74) is 1.05. The molecular formula is C13H13NO4. The second-order valence-electron chi connectivity index (χ2n) is 3.70. The normalized spacial score (nSPS) is 10.4. The van der Waals surface area contributed by atoms with Gasteiger partial charge in [0.2, 0.25) is 0 Å². The van der Waals surface area contributed by atoms with E-state index in [0.29, 0.717) is 12.8 Å². The van der Waals surface area contributed by atoms with Gasteiger partial charge in [0.05, 0.1) is 4.92 Å². The summed E-state index contributed by atoms with van der Waals surface area (Å²) in [6.45, 7) is 3.42. The first-order chi connectivity index (χ1) is 8.50. The van der Waals surface area contributed by atoms with Crippen molar-refractivity contribution in [3.8, 4) is 0 Å². The average Bonchev–Trinajstić information content (AvgIpc) is 2.34. The Balaban J connectivity index is 2.50. The number of aliphatic carboxylic acids is 1. The van der Waals surface area contributed by atoms with E-state index < -0.39 is 10.9 Å². The number of allylic oxidation sites excluding steroid dienone is 1. The van der Waals surface area contributed by atoms with Crippen LogP contribution >= 0.6 is 0 Å². The van der Waals surface area contributed by atoms with E-state index >= 15 is 0 Å². The molecule has 0 bridgehead atoms. The van der Waals surface area contributed by atoms with Crippen LogP contribution < -0.4 is 0 Å². The lowest BCUT2D eigenvalue weighted by Gasteiger charge is -1.96. The fourth-order valence-electron chi connectivity index (χ4n) is 1.29. The maximum Gasteiger partial charge on any atom is 0.330 e. The number of carboxylic acids is 1. The van der Waals surface area contributed by atoms with Crippen molar-refractivity contribution in [1.82, 2.24) is 0 Å². The van der Waals surface area contributed by atoms with Gasteiger partial charge in [-0.3, -0.25) is 10.1 Å². The zero-order chi connectivity index (χ0) is 13.5. The van der Waals surface area contributed by atoms with Crippen molar-refractivity contribution < 1.29 is 14.8 Å². The summed E-state index contributed by atoms with van der Waals surface area (Å²) in [7, 11) is 0. The molecule has 0 saturated carbocycles. The molecule has 1 aromatic carbocycles. The van der Waals surface area contributed by atoms with Gasteiger partial charge in [-0.25, -0.2) is 4.79 Å². The molecule has 0 spiro atoms. The minimum atomic E-state index is -0.987. The van der Waals surface area contributed by atoms with Crippen LogP contribution in [0.15, 0.2) is 42.5 Å². The van der Waals surface area contributed by atoms with E-state index in [-0.39, 0.29) is 11.3 Å². The van der Waals surface area contributed by atoms with Gasteiger partial charge in [-0.05, 0) is 30.5 Å². The van der Waals surface area contributed by atoms with Crippen LogP contribution in [0, 0.1) is 10.1 Å². The van der Waals surface area contributed by atoms with Gasteiger partial charge in [0, 0.05) is 17.7 Å². The molecular weight excluding hydrogens is 234 g/mol. The standard InChI is InChI=1S/C13H13NO4/c1-10(13(15)16)4-2-3-5-11-6-8-12(9-7-11)14(17)18/h3,5-9H,1-2,4H2,(H,15,16). The molecule has 1 aromatic rings. The zero-order valence-electron chi connectivity index (χ0n) is 9.70. The van der Waals surface area contributed by atoms with E-state index in [4.69, 9.17) is 5.11 Å². The quantitative estimate of drug-likeness (QED) is 0.476. The summed E-state index contributed by atoms with van der Waals surface area (Å²) in [5.74, 6) is -0.987. The molecule has 0 fully saturated rings. The second-order valence-corrected chi connectivity index (χ2v) is 3.70. The first-order valence-corrected chi connectivity index (χ1v) is 5.33. The fourth-order valence-corrected chi connectivity index (χ4v) is 1.29. The molecule has 0 radical (unpaired) electrons. The molecule has 18 heavy (non-hydrogen) atoms. The van der Waals surface area contributed by atoms with Crippen LogP contribution in [-0.4, -0.2) is 16.0 Å². The average molecular weight is 247 g/mol. The number of nitro benzene ring substituents is 1. The number of nitrogens with zero attached hydrogens (tertiary/aromatic N) is 1. The lowest BCUT2D eigenvalue weighted by molar-refractivity contribution is -0.384. The molecule has 0 unspecified atom stereocenters. The van der Waals surface area contributed by atoms with Crippen LogP contribution in [0.5, 0.6) is 0 Å². The second kappa shape index (κ2) is 6.34. The SMILES string of the molecule is C=C(CCC=Cc1ccc([N+](=O)[O-])cc1)C(=O)O. The number of rotatable bonds is 6. The van der Waals surface area contributed by atoms with Crippen LogP contribution in [0.3, 0.4) is 0 Å². The summed E-state index contributed by atoms with van der Waals surface area (Å²) >= 11 is 0. The van der Waals surface area contributed by atoms with E-state index in [1.807, 2.05) is 6.08 Å². The number of carboxylic acid groups (broad SMARTS) is 1. The molecule has 0 aromatic heterocycles. The van der Waals surface area contributed by atoms with Crippen molar-refractivity contribution in [2.24, 2.45) is 0 Å². The molecule has 0 aliphatic rings. The van der Waals surface area contributed by atoms with Crippen LogP contribution in [0.4, 0.5) is 5.69 Å². The largest absolute Gasteiger partial charge is 0.478 e. The molecule has 0 atom stereocenters. The monoisotopic (exact) mass is 247 g/mol. The van der Waals surface area contributed by atoms with E-state index in [1.54, 1.807) is 18.2 Å². The molecule has 1 N–H and O–H groups in total. The highest BCUT2D eigenvalue weighted by atomic mass is 16.6.